The van der Waals surface area contributed by atoms with Crippen molar-refractivity contribution in [2.24, 2.45) is 0 Å². The second-order valence-corrected chi connectivity index (χ2v) is 6.76. The van der Waals surface area contributed by atoms with Gasteiger partial charge in [0.2, 0.25) is 0 Å². The van der Waals surface area contributed by atoms with Gasteiger partial charge in [-0.15, -0.1) is 0 Å². The summed E-state index contributed by atoms with van der Waals surface area (Å²) < 4.78 is 11.0. The fraction of sp³-hybridized carbons (Fsp3) is 0.450. The van der Waals surface area contributed by atoms with Crippen molar-refractivity contribution >= 4 is 22.8 Å². The molecular weight excluding hydrogens is 350 g/mol. The Kier molecular flexibility index (Phi) is 5.48. The van der Waals surface area contributed by atoms with Gasteiger partial charge >= 0.3 is 5.63 Å². The largest absolute Gasteiger partial charge is 0.548 e. The Hall–Kier alpha value is -2.83. The van der Waals surface area contributed by atoms with Crippen LogP contribution >= 0.6 is 0 Å². The summed E-state index contributed by atoms with van der Waals surface area (Å²) in [6.45, 7) is 3.90. The summed E-state index contributed by atoms with van der Waals surface area (Å²) in [6, 6.07) is 4.16. The van der Waals surface area contributed by atoms with Crippen molar-refractivity contribution < 1.29 is 23.8 Å². The quantitative estimate of drug-likeness (QED) is 0.706. The van der Waals surface area contributed by atoms with Crippen molar-refractivity contribution in [1.29, 1.82) is 0 Å². The highest BCUT2D eigenvalue weighted by Gasteiger charge is 2.29. The number of fused-ring (bicyclic) bond motifs is 1. The molecule has 1 aromatic carbocycles. The topological polar surface area (TPSA) is 99.9 Å². The Balaban J connectivity index is 1.81. The van der Waals surface area contributed by atoms with E-state index in [0.29, 0.717) is 36.3 Å². The molecule has 27 heavy (non-hydrogen) atoms. The van der Waals surface area contributed by atoms with Gasteiger partial charge in [-0.3, -0.25) is 4.79 Å². The molecule has 2 heterocycles. The molecule has 0 radical (unpaired) electrons. The predicted molar refractivity (Wildman–Crippen MR) is 96.5 cm³/mol. The van der Waals surface area contributed by atoms with E-state index in [9.17, 15) is 19.5 Å². The van der Waals surface area contributed by atoms with Gasteiger partial charge in [0.1, 0.15) is 11.3 Å². The molecule has 0 N–H and O–H groups in total. The van der Waals surface area contributed by atoms with E-state index in [1.54, 1.807) is 13.0 Å². The Morgan fingerprint density at radius 3 is 2.85 bits per heavy atom. The molecule has 1 fully saturated rings. The average Bonchev–Trinajstić information content (AvgIpc) is 3.12. The van der Waals surface area contributed by atoms with E-state index in [0.717, 1.165) is 23.8 Å². The normalized spacial score (nSPS) is 16.7. The van der Waals surface area contributed by atoms with Crippen LogP contribution in [-0.4, -0.2) is 36.0 Å². The van der Waals surface area contributed by atoms with E-state index < -0.39 is 23.5 Å². The first-order valence-electron chi connectivity index (χ1n) is 9.11. The molecule has 0 aliphatic carbocycles. The number of aliphatic carboxylic acids is 1. The zero-order valence-electron chi connectivity index (χ0n) is 15.4. The van der Waals surface area contributed by atoms with E-state index in [-0.39, 0.29) is 6.61 Å². The number of nitrogens with zero attached hydrogens (tertiary/aromatic N) is 1. The van der Waals surface area contributed by atoms with Gasteiger partial charge in [0.15, 0.2) is 6.61 Å². The lowest BCUT2D eigenvalue weighted by atomic mass is 10.0. The highest BCUT2D eigenvalue weighted by Crippen LogP contribution is 2.29. The van der Waals surface area contributed by atoms with Gasteiger partial charge < -0.3 is 24.0 Å². The monoisotopic (exact) mass is 372 g/mol. The number of carboxylic acids is 1. The number of amides is 1. The van der Waals surface area contributed by atoms with Crippen molar-refractivity contribution in [3.63, 3.8) is 0 Å². The van der Waals surface area contributed by atoms with Crippen LogP contribution in [0.25, 0.3) is 11.0 Å². The van der Waals surface area contributed by atoms with Crippen LogP contribution in [0.1, 0.15) is 37.3 Å². The summed E-state index contributed by atoms with van der Waals surface area (Å²) in [4.78, 5) is 36.6. The Morgan fingerprint density at radius 1 is 1.37 bits per heavy atom. The molecule has 144 valence electrons. The SMILES string of the molecule is CCCc1cc(=O)oc2c(C)c(OCC(=O)N3CCC[C@H]3C(=O)[O-])ccc12. The van der Waals surface area contributed by atoms with Crippen LogP contribution in [0, 0.1) is 6.92 Å². The van der Waals surface area contributed by atoms with Crippen LogP contribution in [0.5, 0.6) is 5.75 Å². The fourth-order valence-corrected chi connectivity index (χ4v) is 3.57. The number of hydrogen-bond donors (Lipinski definition) is 0. The smallest absolute Gasteiger partial charge is 0.336 e. The Labute approximate surface area is 156 Å². The van der Waals surface area contributed by atoms with Crippen molar-refractivity contribution in [3.8, 4) is 5.75 Å². The molecule has 2 aromatic rings. The van der Waals surface area contributed by atoms with Crippen molar-refractivity contribution in [1.82, 2.24) is 4.90 Å². The summed E-state index contributed by atoms with van der Waals surface area (Å²) in [5.41, 5.74) is 1.58. The van der Waals surface area contributed by atoms with Gasteiger partial charge in [0.25, 0.3) is 5.91 Å². The number of carbonyl (C=O) groups is 2. The minimum absolute atomic E-state index is 0.283. The summed E-state index contributed by atoms with van der Waals surface area (Å²) >= 11 is 0. The summed E-state index contributed by atoms with van der Waals surface area (Å²) in [5.74, 6) is -1.22. The van der Waals surface area contributed by atoms with E-state index in [2.05, 4.69) is 0 Å². The minimum atomic E-state index is -1.24. The van der Waals surface area contributed by atoms with Crippen LogP contribution in [-0.2, 0) is 16.0 Å². The maximum atomic E-state index is 12.3. The van der Waals surface area contributed by atoms with Crippen LogP contribution in [0.15, 0.2) is 27.4 Å². The molecule has 1 aromatic heterocycles. The molecule has 3 rings (SSSR count). The molecule has 0 saturated carbocycles. The predicted octanol–water partition coefficient (Wildman–Crippen LogP) is 1.17. The molecule has 7 heteroatoms. The lowest BCUT2D eigenvalue weighted by Crippen LogP contribution is -2.48. The lowest BCUT2D eigenvalue weighted by Gasteiger charge is -2.25. The third-order valence-corrected chi connectivity index (χ3v) is 4.91. The van der Waals surface area contributed by atoms with Gasteiger partial charge in [-0.2, -0.15) is 0 Å². The maximum Gasteiger partial charge on any atom is 0.336 e. The Bertz CT molecular complexity index is 932. The number of hydrogen-bond acceptors (Lipinski definition) is 6. The van der Waals surface area contributed by atoms with Crippen LogP contribution in [0.3, 0.4) is 0 Å². The van der Waals surface area contributed by atoms with Gasteiger partial charge in [-0.1, -0.05) is 13.3 Å². The van der Waals surface area contributed by atoms with Crippen molar-refractivity contribution in [2.45, 2.75) is 45.6 Å². The average molecular weight is 372 g/mol. The molecular formula is C20H22NO6-. The summed E-state index contributed by atoms with van der Waals surface area (Å²) in [7, 11) is 0. The highest BCUT2D eigenvalue weighted by atomic mass is 16.5. The first kappa shape index (κ1) is 18.9. The first-order chi connectivity index (χ1) is 12.9. The molecule has 1 amide bonds. The molecule has 1 saturated heterocycles. The highest BCUT2D eigenvalue weighted by molar-refractivity contribution is 5.86. The number of carboxylic acid groups (broad SMARTS) is 1. The number of likely N-dealkylation sites (tertiary alicyclic amines) is 1. The number of carbonyl (C=O) groups excluding carboxylic acids is 2. The van der Waals surface area contributed by atoms with E-state index in [1.807, 2.05) is 13.0 Å². The number of rotatable bonds is 6. The van der Waals surface area contributed by atoms with Crippen LogP contribution < -0.4 is 15.5 Å². The molecule has 1 aliphatic rings. The van der Waals surface area contributed by atoms with E-state index >= 15 is 0 Å². The standard InChI is InChI=1S/C20H23NO6/c1-3-5-13-10-18(23)27-19-12(2)16(8-7-14(13)19)26-11-17(22)21-9-4-6-15(21)20(24)25/h7-8,10,15H,3-6,9,11H2,1-2H3,(H,24,25)/p-1/t15-/m0/s1. The zero-order valence-corrected chi connectivity index (χ0v) is 15.4. The van der Waals surface area contributed by atoms with Crippen LogP contribution in [0.4, 0.5) is 0 Å². The molecule has 1 aliphatic heterocycles. The molecule has 0 bridgehead atoms. The fourth-order valence-electron chi connectivity index (χ4n) is 3.57. The van der Waals surface area contributed by atoms with Gasteiger partial charge in [-0.25, -0.2) is 4.79 Å². The summed E-state index contributed by atoms with van der Waals surface area (Å²) in [5, 5.41) is 12.0. The van der Waals surface area contributed by atoms with Crippen molar-refractivity contribution in [3.05, 3.63) is 39.7 Å². The van der Waals surface area contributed by atoms with Gasteiger partial charge in [-0.05, 0) is 43.9 Å². The Morgan fingerprint density at radius 2 is 2.15 bits per heavy atom. The number of ether oxygens (including phenoxy) is 1. The molecule has 0 spiro atoms. The third kappa shape index (κ3) is 3.82. The first-order valence-corrected chi connectivity index (χ1v) is 9.11. The van der Waals surface area contributed by atoms with Gasteiger partial charge in [0, 0.05) is 23.6 Å². The van der Waals surface area contributed by atoms with Gasteiger partial charge in [0.05, 0.1) is 12.0 Å². The molecule has 1 atom stereocenters. The lowest BCUT2D eigenvalue weighted by molar-refractivity contribution is -0.310. The minimum Gasteiger partial charge on any atom is -0.548 e. The summed E-state index contributed by atoms with van der Waals surface area (Å²) in [6.07, 6.45) is 2.69. The van der Waals surface area contributed by atoms with E-state index in [1.165, 1.54) is 11.0 Å². The second-order valence-electron chi connectivity index (χ2n) is 6.76. The molecule has 7 nitrogen and oxygen atoms in total. The van der Waals surface area contributed by atoms with Crippen LogP contribution in [0.2, 0.25) is 0 Å². The zero-order chi connectivity index (χ0) is 19.6. The maximum absolute atomic E-state index is 12.3. The second kappa shape index (κ2) is 7.82. The molecule has 0 unspecified atom stereocenters. The van der Waals surface area contributed by atoms with Crippen molar-refractivity contribution in [2.75, 3.05) is 13.2 Å². The third-order valence-electron chi connectivity index (χ3n) is 4.91. The van der Waals surface area contributed by atoms with E-state index in [4.69, 9.17) is 9.15 Å². The number of aryl methyl sites for hydroxylation is 2. The number of benzene rings is 1.